The van der Waals surface area contributed by atoms with E-state index in [1.54, 1.807) is 13.2 Å². The minimum Gasteiger partial charge on any atom is -0.365 e. The van der Waals surface area contributed by atoms with Crippen molar-refractivity contribution in [2.75, 3.05) is 24.5 Å². The minimum atomic E-state index is -0.0837. The van der Waals surface area contributed by atoms with Gasteiger partial charge in [-0.1, -0.05) is 6.92 Å². The van der Waals surface area contributed by atoms with Crippen LogP contribution in [-0.4, -0.2) is 35.5 Å². The molecule has 18 heavy (non-hydrogen) atoms. The molecule has 1 aliphatic heterocycles. The van der Waals surface area contributed by atoms with E-state index in [-0.39, 0.29) is 5.56 Å². The van der Waals surface area contributed by atoms with Crippen molar-refractivity contribution in [3.63, 3.8) is 0 Å². The van der Waals surface area contributed by atoms with Gasteiger partial charge in [0.25, 0.3) is 5.56 Å². The summed E-state index contributed by atoms with van der Waals surface area (Å²) in [6.07, 6.45) is 3.94. The first kappa shape index (κ1) is 13.5. The zero-order valence-corrected chi connectivity index (χ0v) is 12.4. The van der Waals surface area contributed by atoms with Crippen molar-refractivity contribution >= 4 is 21.6 Å². The topological polar surface area (TPSA) is 50.2 Å². The number of hydrogen-bond donors (Lipinski definition) is 1. The second-order valence-corrected chi connectivity index (χ2v) is 5.41. The number of anilines is 1. The van der Waals surface area contributed by atoms with Crippen molar-refractivity contribution in [1.29, 1.82) is 0 Å². The standard InChI is InChI=1S/C12H19BrN4O/c1-3-6-17(9-4-5-14-7-9)10-8-15-16(2)12(18)11(10)13/h8-9,14H,3-7H2,1-2H3. The summed E-state index contributed by atoms with van der Waals surface area (Å²) in [5.74, 6) is 0. The molecule has 100 valence electrons. The third kappa shape index (κ3) is 2.59. The van der Waals surface area contributed by atoms with Gasteiger partial charge in [-0.3, -0.25) is 4.79 Å². The van der Waals surface area contributed by atoms with Crippen LogP contribution in [0.4, 0.5) is 5.69 Å². The van der Waals surface area contributed by atoms with Crippen molar-refractivity contribution in [3.8, 4) is 0 Å². The van der Waals surface area contributed by atoms with E-state index in [2.05, 4.69) is 38.2 Å². The summed E-state index contributed by atoms with van der Waals surface area (Å²) in [6, 6.07) is 0.454. The molecule has 0 aromatic carbocycles. The van der Waals surface area contributed by atoms with Gasteiger partial charge in [0.1, 0.15) is 4.47 Å². The lowest BCUT2D eigenvalue weighted by Gasteiger charge is -2.30. The molecule has 1 fully saturated rings. The maximum Gasteiger partial charge on any atom is 0.282 e. The molecule has 5 nitrogen and oxygen atoms in total. The summed E-state index contributed by atoms with van der Waals surface area (Å²) in [4.78, 5) is 14.2. The first-order chi connectivity index (χ1) is 8.65. The van der Waals surface area contributed by atoms with E-state index in [9.17, 15) is 4.79 Å². The number of nitrogens with one attached hydrogen (secondary N) is 1. The lowest BCUT2D eigenvalue weighted by Crippen LogP contribution is -2.39. The number of rotatable bonds is 4. The first-order valence-electron chi connectivity index (χ1n) is 6.34. The Balaban J connectivity index is 2.36. The molecule has 0 radical (unpaired) electrons. The smallest absolute Gasteiger partial charge is 0.282 e. The second kappa shape index (κ2) is 5.84. The van der Waals surface area contributed by atoms with E-state index in [1.807, 2.05) is 0 Å². The SMILES string of the molecule is CCCN(c1cnn(C)c(=O)c1Br)C1CCNC1. The molecule has 1 unspecified atom stereocenters. The molecule has 1 atom stereocenters. The average molecular weight is 315 g/mol. The van der Waals surface area contributed by atoms with Crippen LogP contribution in [0.15, 0.2) is 15.5 Å². The second-order valence-electron chi connectivity index (χ2n) is 4.61. The van der Waals surface area contributed by atoms with Crippen LogP contribution in [0.3, 0.4) is 0 Å². The van der Waals surface area contributed by atoms with Crippen LogP contribution in [0.2, 0.25) is 0 Å². The fourth-order valence-electron chi connectivity index (χ4n) is 2.35. The van der Waals surface area contributed by atoms with Crippen LogP contribution >= 0.6 is 15.9 Å². The molecule has 1 N–H and O–H groups in total. The van der Waals surface area contributed by atoms with E-state index in [0.717, 1.165) is 38.2 Å². The molecule has 2 rings (SSSR count). The van der Waals surface area contributed by atoms with E-state index in [1.165, 1.54) is 4.68 Å². The molecular weight excluding hydrogens is 296 g/mol. The van der Waals surface area contributed by atoms with Crippen molar-refractivity contribution in [2.45, 2.75) is 25.8 Å². The predicted octanol–water partition coefficient (Wildman–Crippen LogP) is 1.12. The van der Waals surface area contributed by atoms with Gasteiger partial charge in [-0.15, -0.1) is 0 Å². The number of hydrogen-bond acceptors (Lipinski definition) is 4. The van der Waals surface area contributed by atoms with Crippen LogP contribution in [0.25, 0.3) is 0 Å². The first-order valence-corrected chi connectivity index (χ1v) is 7.13. The maximum atomic E-state index is 11.9. The monoisotopic (exact) mass is 314 g/mol. The predicted molar refractivity (Wildman–Crippen MR) is 76.1 cm³/mol. The van der Waals surface area contributed by atoms with Crippen molar-refractivity contribution in [2.24, 2.45) is 7.05 Å². The van der Waals surface area contributed by atoms with Gasteiger partial charge < -0.3 is 10.2 Å². The average Bonchev–Trinajstić information content (AvgIpc) is 2.88. The Morgan fingerprint density at radius 3 is 3.06 bits per heavy atom. The summed E-state index contributed by atoms with van der Waals surface area (Å²) in [7, 11) is 1.66. The molecule has 1 aromatic heterocycles. The molecule has 0 amide bonds. The van der Waals surface area contributed by atoms with Gasteiger partial charge >= 0.3 is 0 Å². The highest BCUT2D eigenvalue weighted by Crippen LogP contribution is 2.25. The summed E-state index contributed by atoms with van der Waals surface area (Å²) in [5.41, 5.74) is 0.827. The summed E-state index contributed by atoms with van der Waals surface area (Å²) in [6.45, 7) is 5.11. The Hall–Kier alpha value is -0.880. The van der Waals surface area contributed by atoms with Gasteiger partial charge in [0.2, 0.25) is 0 Å². The Morgan fingerprint density at radius 2 is 2.44 bits per heavy atom. The van der Waals surface area contributed by atoms with Crippen LogP contribution in [0.1, 0.15) is 19.8 Å². The molecule has 6 heteroatoms. The lowest BCUT2D eigenvalue weighted by molar-refractivity contribution is 0.614. The maximum absolute atomic E-state index is 11.9. The molecule has 0 spiro atoms. The van der Waals surface area contributed by atoms with Crippen molar-refractivity contribution in [3.05, 3.63) is 21.0 Å². The fraction of sp³-hybridized carbons (Fsp3) is 0.667. The molecular formula is C12H19BrN4O. The zero-order chi connectivity index (χ0) is 13.1. The van der Waals surface area contributed by atoms with Gasteiger partial charge in [-0.05, 0) is 35.3 Å². The third-order valence-corrected chi connectivity index (χ3v) is 4.05. The molecule has 0 saturated carbocycles. The summed E-state index contributed by atoms with van der Waals surface area (Å²) < 4.78 is 1.96. The van der Waals surface area contributed by atoms with E-state index in [4.69, 9.17) is 0 Å². The zero-order valence-electron chi connectivity index (χ0n) is 10.8. The highest BCUT2D eigenvalue weighted by molar-refractivity contribution is 9.10. The fourth-order valence-corrected chi connectivity index (χ4v) is 2.94. The van der Waals surface area contributed by atoms with Gasteiger partial charge in [0, 0.05) is 26.2 Å². The Labute approximate surface area is 115 Å². The van der Waals surface area contributed by atoms with Gasteiger partial charge in [0.05, 0.1) is 11.9 Å². The number of nitrogens with zero attached hydrogens (tertiary/aromatic N) is 3. The van der Waals surface area contributed by atoms with Crippen LogP contribution in [0.5, 0.6) is 0 Å². The Bertz CT molecular complexity index is 468. The molecule has 0 aliphatic carbocycles. The normalized spacial score (nSPS) is 19.2. The quantitative estimate of drug-likeness (QED) is 0.905. The van der Waals surface area contributed by atoms with E-state index < -0.39 is 0 Å². The number of halogens is 1. The van der Waals surface area contributed by atoms with E-state index >= 15 is 0 Å². The minimum absolute atomic E-state index is 0.0837. The highest BCUT2D eigenvalue weighted by atomic mass is 79.9. The summed E-state index contributed by atoms with van der Waals surface area (Å²) >= 11 is 3.41. The van der Waals surface area contributed by atoms with Gasteiger partial charge in [-0.2, -0.15) is 5.10 Å². The third-order valence-electron chi connectivity index (χ3n) is 3.31. The van der Waals surface area contributed by atoms with Gasteiger partial charge in [-0.25, -0.2) is 4.68 Å². The summed E-state index contributed by atoms with van der Waals surface area (Å²) in [5, 5.41) is 7.49. The number of aromatic nitrogens is 2. The Morgan fingerprint density at radius 1 is 1.67 bits per heavy atom. The molecule has 1 saturated heterocycles. The highest BCUT2D eigenvalue weighted by Gasteiger charge is 2.24. The molecule has 0 bridgehead atoms. The molecule has 1 aromatic rings. The largest absolute Gasteiger partial charge is 0.365 e. The number of aryl methyl sites for hydroxylation is 1. The van der Waals surface area contributed by atoms with Crippen LogP contribution in [0, 0.1) is 0 Å². The van der Waals surface area contributed by atoms with Crippen LogP contribution in [-0.2, 0) is 7.05 Å². The Kier molecular flexibility index (Phi) is 4.40. The molecule has 2 heterocycles. The van der Waals surface area contributed by atoms with Gasteiger partial charge in [0.15, 0.2) is 0 Å². The molecule has 1 aliphatic rings. The van der Waals surface area contributed by atoms with E-state index in [0.29, 0.717) is 10.5 Å². The van der Waals surface area contributed by atoms with Crippen LogP contribution < -0.4 is 15.8 Å². The van der Waals surface area contributed by atoms with Crippen molar-refractivity contribution < 1.29 is 0 Å². The lowest BCUT2D eigenvalue weighted by atomic mass is 10.2. The van der Waals surface area contributed by atoms with Crippen molar-refractivity contribution in [1.82, 2.24) is 15.1 Å².